The molecule has 1 heterocycles. The fraction of sp³-hybridized carbons (Fsp3) is 0.118. The van der Waals surface area contributed by atoms with Gasteiger partial charge in [0.05, 0.1) is 25.3 Å². The third-order valence-electron chi connectivity index (χ3n) is 3.77. The normalized spacial score (nSPS) is 12.4. The predicted molar refractivity (Wildman–Crippen MR) is 90.2 cm³/mol. The highest BCUT2D eigenvalue weighted by Gasteiger charge is 2.29. The van der Waals surface area contributed by atoms with Gasteiger partial charge in [-0.05, 0) is 30.3 Å². The van der Waals surface area contributed by atoms with Crippen LogP contribution in [-0.2, 0) is 0 Å². The molecule has 0 aromatic heterocycles. The van der Waals surface area contributed by atoms with Crippen LogP contribution in [0.15, 0.2) is 30.3 Å². The Morgan fingerprint density at radius 3 is 2.44 bits per heavy atom. The van der Waals surface area contributed by atoms with Gasteiger partial charge in [-0.15, -0.1) is 0 Å². The van der Waals surface area contributed by atoms with Crippen molar-refractivity contribution in [2.24, 2.45) is 0 Å². The third kappa shape index (κ3) is 2.85. The standard InChI is InChI=1S/C17H15N3O5/c1-24-12-4-3-8(5-13(12)25-2)15(21)19-9-6-10-14(11(18)7-9)17(23)20-16(10)22/h3-7H,18H2,1-2H3,(H,19,21)(H,20,22,23). The molecule has 128 valence electrons. The van der Waals surface area contributed by atoms with Gasteiger partial charge < -0.3 is 20.5 Å². The number of imide groups is 1. The van der Waals surface area contributed by atoms with Crippen molar-refractivity contribution in [1.82, 2.24) is 5.32 Å². The Bertz CT molecular complexity index is 907. The fourth-order valence-electron chi connectivity index (χ4n) is 2.58. The van der Waals surface area contributed by atoms with Crippen molar-refractivity contribution in [2.75, 3.05) is 25.3 Å². The molecule has 0 spiro atoms. The van der Waals surface area contributed by atoms with E-state index in [-0.39, 0.29) is 16.8 Å². The van der Waals surface area contributed by atoms with Crippen molar-refractivity contribution in [3.05, 3.63) is 47.0 Å². The van der Waals surface area contributed by atoms with Crippen LogP contribution < -0.4 is 25.8 Å². The molecule has 0 aliphatic carbocycles. The number of methoxy groups -OCH3 is 2. The number of nitrogens with two attached hydrogens (primary N) is 1. The monoisotopic (exact) mass is 341 g/mol. The minimum absolute atomic E-state index is 0.114. The van der Waals surface area contributed by atoms with Gasteiger partial charge >= 0.3 is 0 Å². The first-order valence-corrected chi connectivity index (χ1v) is 7.27. The second-order valence-electron chi connectivity index (χ2n) is 5.30. The van der Waals surface area contributed by atoms with Gasteiger partial charge in [0.1, 0.15) is 0 Å². The molecular weight excluding hydrogens is 326 g/mol. The number of hydrogen-bond donors (Lipinski definition) is 3. The van der Waals surface area contributed by atoms with Gasteiger partial charge in [-0.1, -0.05) is 0 Å². The van der Waals surface area contributed by atoms with Crippen LogP contribution in [0.2, 0.25) is 0 Å². The molecule has 0 radical (unpaired) electrons. The summed E-state index contributed by atoms with van der Waals surface area (Å²) in [6.07, 6.45) is 0. The van der Waals surface area contributed by atoms with Crippen LogP contribution in [-0.4, -0.2) is 31.9 Å². The molecule has 0 saturated heterocycles. The Hall–Kier alpha value is -3.55. The van der Waals surface area contributed by atoms with Gasteiger partial charge in [-0.2, -0.15) is 0 Å². The lowest BCUT2D eigenvalue weighted by Crippen LogP contribution is -2.20. The first kappa shape index (κ1) is 16.3. The van der Waals surface area contributed by atoms with E-state index in [1.54, 1.807) is 12.1 Å². The zero-order valence-corrected chi connectivity index (χ0v) is 13.5. The van der Waals surface area contributed by atoms with E-state index >= 15 is 0 Å². The van der Waals surface area contributed by atoms with Crippen LogP contribution in [0.4, 0.5) is 11.4 Å². The molecule has 3 amide bonds. The van der Waals surface area contributed by atoms with E-state index in [1.165, 1.54) is 32.4 Å². The summed E-state index contributed by atoms with van der Waals surface area (Å²) in [5.74, 6) is -0.612. The highest BCUT2D eigenvalue weighted by molar-refractivity contribution is 6.24. The average molecular weight is 341 g/mol. The maximum atomic E-state index is 12.4. The van der Waals surface area contributed by atoms with Crippen LogP contribution in [0.1, 0.15) is 31.1 Å². The van der Waals surface area contributed by atoms with E-state index in [1.807, 2.05) is 0 Å². The maximum absolute atomic E-state index is 12.4. The largest absolute Gasteiger partial charge is 0.493 e. The minimum atomic E-state index is -0.547. The molecule has 8 heteroatoms. The van der Waals surface area contributed by atoms with Gasteiger partial charge in [-0.3, -0.25) is 19.7 Å². The molecule has 0 bridgehead atoms. The Kier molecular flexibility index (Phi) is 4.02. The van der Waals surface area contributed by atoms with Gasteiger partial charge in [0, 0.05) is 16.9 Å². The van der Waals surface area contributed by atoms with Crippen molar-refractivity contribution in [3.8, 4) is 11.5 Å². The molecule has 1 aliphatic heterocycles. The molecule has 2 aromatic carbocycles. The van der Waals surface area contributed by atoms with Crippen LogP contribution in [0.3, 0.4) is 0 Å². The van der Waals surface area contributed by atoms with Crippen molar-refractivity contribution < 1.29 is 23.9 Å². The number of ether oxygens (including phenoxy) is 2. The van der Waals surface area contributed by atoms with Gasteiger partial charge in [0.15, 0.2) is 11.5 Å². The Balaban J connectivity index is 1.90. The topological polar surface area (TPSA) is 120 Å². The average Bonchev–Trinajstić information content (AvgIpc) is 2.88. The lowest BCUT2D eigenvalue weighted by molar-refractivity contribution is 0.0879. The zero-order chi connectivity index (χ0) is 18.1. The molecule has 25 heavy (non-hydrogen) atoms. The third-order valence-corrected chi connectivity index (χ3v) is 3.77. The number of carbonyl (C=O) groups is 3. The predicted octanol–water partition coefficient (Wildman–Crippen LogP) is 1.42. The van der Waals surface area contributed by atoms with Crippen LogP contribution >= 0.6 is 0 Å². The van der Waals surface area contributed by atoms with E-state index in [9.17, 15) is 14.4 Å². The molecule has 2 aromatic rings. The molecular formula is C17H15N3O5. The van der Waals surface area contributed by atoms with Crippen LogP contribution in [0.25, 0.3) is 0 Å². The summed E-state index contributed by atoms with van der Waals surface area (Å²) < 4.78 is 10.3. The van der Waals surface area contributed by atoms with Crippen molar-refractivity contribution >= 4 is 29.1 Å². The minimum Gasteiger partial charge on any atom is -0.493 e. The summed E-state index contributed by atoms with van der Waals surface area (Å²) in [5, 5.41) is 4.81. The summed E-state index contributed by atoms with van der Waals surface area (Å²) in [7, 11) is 2.97. The number of carbonyl (C=O) groups excluding carboxylic acids is 3. The number of hydrogen-bond acceptors (Lipinski definition) is 6. The highest BCUT2D eigenvalue weighted by atomic mass is 16.5. The van der Waals surface area contributed by atoms with E-state index < -0.39 is 17.7 Å². The SMILES string of the molecule is COc1ccc(C(=O)Nc2cc(N)c3c(c2)C(=O)NC3=O)cc1OC. The molecule has 0 atom stereocenters. The summed E-state index contributed by atoms with van der Waals surface area (Å²) in [6.45, 7) is 0. The molecule has 1 aliphatic rings. The molecule has 3 rings (SSSR count). The molecule has 8 nitrogen and oxygen atoms in total. The molecule has 4 N–H and O–H groups in total. The lowest BCUT2D eigenvalue weighted by Gasteiger charge is -2.11. The Labute approximate surface area is 142 Å². The second kappa shape index (κ2) is 6.16. The zero-order valence-electron chi connectivity index (χ0n) is 13.5. The smallest absolute Gasteiger partial charge is 0.261 e. The summed E-state index contributed by atoms with van der Waals surface area (Å²) in [4.78, 5) is 35.8. The lowest BCUT2D eigenvalue weighted by atomic mass is 10.1. The first-order valence-electron chi connectivity index (χ1n) is 7.27. The second-order valence-corrected chi connectivity index (χ2v) is 5.30. The van der Waals surface area contributed by atoms with E-state index in [0.29, 0.717) is 22.7 Å². The Morgan fingerprint density at radius 2 is 1.76 bits per heavy atom. The summed E-state index contributed by atoms with van der Waals surface area (Å²) in [5.41, 5.74) is 6.83. The summed E-state index contributed by atoms with van der Waals surface area (Å²) in [6, 6.07) is 7.54. The van der Waals surface area contributed by atoms with Crippen molar-refractivity contribution in [3.63, 3.8) is 0 Å². The van der Waals surface area contributed by atoms with E-state index in [4.69, 9.17) is 15.2 Å². The molecule has 0 fully saturated rings. The number of fused-ring (bicyclic) bond motifs is 1. The van der Waals surface area contributed by atoms with Crippen LogP contribution in [0.5, 0.6) is 11.5 Å². The quantitative estimate of drug-likeness (QED) is 0.571. The Morgan fingerprint density at radius 1 is 1.04 bits per heavy atom. The maximum Gasteiger partial charge on any atom is 0.261 e. The number of benzene rings is 2. The van der Waals surface area contributed by atoms with Gasteiger partial charge in [-0.25, -0.2) is 0 Å². The van der Waals surface area contributed by atoms with Gasteiger partial charge in [0.25, 0.3) is 17.7 Å². The number of amides is 3. The van der Waals surface area contributed by atoms with Crippen molar-refractivity contribution in [1.29, 1.82) is 0 Å². The number of anilines is 2. The molecule has 0 saturated carbocycles. The van der Waals surface area contributed by atoms with E-state index in [0.717, 1.165) is 0 Å². The summed E-state index contributed by atoms with van der Waals surface area (Å²) >= 11 is 0. The first-order chi connectivity index (χ1) is 11.9. The molecule has 0 unspecified atom stereocenters. The number of rotatable bonds is 4. The fourth-order valence-corrected chi connectivity index (χ4v) is 2.58. The van der Waals surface area contributed by atoms with E-state index in [2.05, 4.69) is 10.6 Å². The van der Waals surface area contributed by atoms with Crippen molar-refractivity contribution in [2.45, 2.75) is 0 Å². The number of nitrogen functional groups attached to an aromatic ring is 1. The van der Waals surface area contributed by atoms with Crippen LogP contribution in [0, 0.1) is 0 Å². The highest BCUT2D eigenvalue weighted by Crippen LogP contribution is 2.29. The number of nitrogens with one attached hydrogen (secondary N) is 2. The van der Waals surface area contributed by atoms with Gasteiger partial charge in [0.2, 0.25) is 0 Å².